The van der Waals surface area contributed by atoms with Gasteiger partial charge in [-0.25, -0.2) is 4.39 Å². The minimum Gasteiger partial charge on any atom is -0.383 e. The summed E-state index contributed by atoms with van der Waals surface area (Å²) in [6, 6.07) is 6.30. The van der Waals surface area contributed by atoms with Crippen molar-refractivity contribution in [2.24, 2.45) is 11.3 Å². The van der Waals surface area contributed by atoms with Crippen molar-refractivity contribution in [3.63, 3.8) is 0 Å². The molecule has 0 spiro atoms. The second-order valence-electron chi connectivity index (χ2n) is 6.12. The molecule has 4 heteroatoms. The zero-order chi connectivity index (χ0) is 14.8. The van der Waals surface area contributed by atoms with Crippen LogP contribution in [0, 0.1) is 17.2 Å². The molecular weight excluding hydrogens is 257 g/mol. The number of carbonyl (C=O) groups excluding carboxylic acids is 1. The van der Waals surface area contributed by atoms with Gasteiger partial charge in [0.2, 0.25) is 5.91 Å². The van der Waals surface area contributed by atoms with Crippen molar-refractivity contribution in [1.29, 1.82) is 0 Å². The van der Waals surface area contributed by atoms with E-state index in [1.54, 1.807) is 19.2 Å². The summed E-state index contributed by atoms with van der Waals surface area (Å²) in [6.07, 6.45) is 0.943. The fourth-order valence-corrected chi connectivity index (χ4v) is 2.39. The number of ether oxygens (including phenoxy) is 1. The van der Waals surface area contributed by atoms with Crippen LogP contribution in [0.15, 0.2) is 24.3 Å². The summed E-state index contributed by atoms with van der Waals surface area (Å²) in [5, 5.41) is 0. The fraction of sp³-hybridized carbons (Fsp3) is 0.562. The SMILES string of the molecule is COCCN(Cc1ccc(F)cc1)C(=O)[C@@H]1CC1(C)C. The lowest BCUT2D eigenvalue weighted by atomic mass is 10.1. The Morgan fingerprint density at radius 2 is 2.00 bits per heavy atom. The van der Waals surface area contributed by atoms with E-state index >= 15 is 0 Å². The summed E-state index contributed by atoms with van der Waals surface area (Å²) in [5.74, 6) is 0.0306. The smallest absolute Gasteiger partial charge is 0.226 e. The summed E-state index contributed by atoms with van der Waals surface area (Å²) in [6.45, 7) is 5.82. The van der Waals surface area contributed by atoms with Crippen LogP contribution in [-0.2, 0) is 16.1 Å². The maximum atomic E-state index is 12.9. The Kier molecular flexibility index (Phi) is 4.43. The van der Waals surface area contributed by atoms with Gasteiger partial charge in [-0.3, -0.25) is 4.79 Å². The highest BCUT2D eigenvalue weighted by Crippen LogP contribution is 2.52. The van der Waals surface area contributed by atoms with Crippen LogP contribution in [0.4, 0.5) is 4.39 Å². The van der Waals surface area contributed by atoms with E-state index in [2.05, 4.69) is 13.8 Å². The van der Waals surface area contributed by atoms with Crippen LogP contribution in [0.2, 0.25) is 0 Å². The predicted molar refractivity (Wildman–Crippen MR) is 75.6 cm³/mol. The normalized spacial score (nSPS) is 19.7. The van der Waals surface area contributed by atoms with Gasteiger partial charge in [-0.05, 0) is 29.5 Å². The minimum absolute atomic E-state index is 0.111. The Bertz CT molecular complexity index is 470. The lowest BCUT2D eigenvalue weighted by Crippen LogP contribution is -2.35. The third-order valence-corrected chi connectivity index (χ3v) is 3.98. The van der Waals surface area contributed by atoms with Crippen LogP contribution >= 0.6 is 0 Å². The molecule has 1 aromatic rings. The predicted octanol–water partition coefficient (Wildman–Crippen LogP) is 2.85. The van der Waals surface area contributed by atoms with Crippen LogP contribution in [0.5, 0.6) is 0 Å². The number of benzene rings is 1. The lowest BCUT2D eigenvalue weighted by Gasteiger charge is -2.23. The number of nitrogens with zero attached hydrogens (tertiary/aromatic N) is 1. The fourth-order valence-electron chi connectivity index (χ4n) is 2.39. The number of amides is 1. The first-order chi connectivity index (χ1) is 9.44. The minimum atomic E-state index is -0.258. The van der Waals surface area contributed by atoms with Crippen LogP contribution in [-0.4, -0.2) is 31.1 Å². The molecule has 1 aliphatic rings. The third-order valence-electron chi connectivity index (χ3n) is 3.98. The van der Waals surface area contributed by atoms with E-state index in [1.807, 2.05) is 4.90 Å². The molecule has 0 aliphatic heterocycles. The Hall–Kier alpha value is -1.42. The number of methoxy groups -OCH3 is 1. The molecule has 3 nitrogen and oxygen atoms in total. The first-order valence-corrected chi connectivity index (χ1v) is 6.96. The van der Waals surface area contributed by atoms with Crippen molar-refractivity contribution in [2.45, 2.75) is 26.8 Å². The molecular formula is C16H22FNO2. The second-order valence-corrected chi connectivity index (χ2v) is 6.12. The Labute approximate surface area is 119 Å². The molecule has 110 valence electrons. The lowest BCUT2D eigenvalue weighted by molar-refractivity contribution is -0.134. The molecule has 0 radical (unpaired) electrons. The number of carbonyl (C=O) groups is 1. The largest absolute Gasteiger partial charge is 0.383 e. The van der Waals surface area contributed by atoms with Gasteiger partial charge in [0, 0.05) is 26.1 Å². The van der Waals surface area contributed by atoms with Gasteiger partial charge >= 0.3 is 0 Å². The Balaban J connectivity index is 2.03. The van der Waals surface area contributed by atoms with Gasteiger partial charge in [0.05, 0.1) is 6.61 Å². The van der Waals surface area contributed by atoms with Crippen molar-refractivity contribution in [3.8, 4) is 0 Å². The molecule has 1 amide bonds. The molecule has 0 saturated heterocycles. The van der Waals surface area contributed by atoms with Gasteiger partial charge in [-0.15, -0.1) is 0 Å². The monoisotopic (exact) mass is 279 g/mol. The highest BCUT2D eigenvalue weighted by atomic mass is 19.1. The highest BCUT2D eigenvalue weighted by Gasteiger charge is 2.51. The molecule has 1 fully saturated rings. The zero-order valence-corrected chi connectivity index (χ0v) is 12.4. The van der Waals surface area contributed by atoms with Gasteiger partial charge in [-0.1, -0.05) is 26.0 Å². The van der Waals surface area contributed by atoms with E-state index in [0.29, 0.717) is 19.7 Å². The molecule has 1 aliphatic carbocycles. The molecule has 0 heterocycles. The van der Waals surface area contributed by atoms with Crippen LogP contribution in [0.3, 0.4) is 0 Å². The van der Waals surface area contributed by atoms with Crippen molar-refractivity contribution in [3.05, 3.63) is 35.6 Å². The van der Waals surface area contributed by atoms with Gasteiger partial charge in [-0.2, -0.15) is 0 Å². The summed E-state index contributed by atoms with van der Waals surface area (Å²) < 4.78 is 18.0. The Morgan fingerprint density at radius 3 is 2.50 bits per heavy atom. The molecule has 1 atom stereocenters. The molecule has 1 saturated carbocycles. The van der Waals surface area contributed by atoms with E-state index in [4.69, 9.17) is 4.74 Å². The molecule has 0 aromatic heterocycles. The molecule has 1 aromatic carbocycles. The van der Waals surface area contributed by atoms with Crippen molar-refractivity contribution in [2.75, 3.05) is 20.3 Å². The van der Waals surface area contributed by atoms with E-state index < -0.39 is 0 Å². The number of hydrogen-bond donors (Lipinski definition) is 0. The van der Waals surface area contributed by atoms with Crippen LogP contribution < -0.4 is 0 Å². The maximum absolute atomic E-state index is 12.9. The number of rotatable bonds is 6. The van der Waals surface area contributed by atoms with E-state index in [9.17, 15) is 9.18 Å². The average molecular weight is 279 g/mol. The van der Waals surface area contributed by atoms with E-state index in [0.717, 1.165) is 12.0 Å². The Morgan fingerprint density at radius 1 is 1.40 bits per heavy atom. The van der Waals surface area contributed by atoms with Gasteiger partial charge in [0.25, 0.3) is 0 Å². The van der Waals surface area contributed by atoms with Gasteiger partial charge < -0.3 is 9.64 Å². The average Bonchev–Trinajstić information content (AvgIpc) is 3.05. The van der Waals surface area contributed by atoms with Crippen LogP contribution in [0.1, 0.15) is 25.8 Å². The zero-order valence-electron chi connectivity index (χ0n) is 12.4. The van der Waals surface area contributed by atoms with Crippen molar-refractivity contribution in [1.82, 2.24) is 4.90 Å². The topological polar surface area (TPSA) is 29.5 Å². The van der Waals surface area contributed by atoms with Crippen LogP contribution in [0.25, 0.3) is 0 Å². The maximum Gasteiger partial charge on any atom is 0.226 e. The first kappa shape index (κ1) is 15.0. The van der Waals surface area contributed by atoms with Gasteiger partial charge in [0.15, 0.2) is 0 Å². The molecule has 20 heavy (non-hydrogen) atoms. The molecule has 0 bridgehead atoms. The number of hydrogen-bond acceptors (Lipinski definition) is 2. The van der Waals surface area contributed by atoms with Crippen molar-refractivity contribution < 1.29 is 13.9 Å². The molecule has 2 rings (SSSR count). The summed E-state index contributed by atoms with van der Waals surface area (Å²) in [5.41, 5.74) is 1.06. The standard InChI is InChI=1S/C16H22FNO2/c1-16(2)10-14(16)15(19)18(8-9-20-3)11-12-4-6-13(17)7-5-12/h4-7,14H,8-11H2,1-3H3/t14-/m0/s1. The first-order valence-electron chi connectivity index (χ1n) is 6.96. The molecule has 0 N–H and O–H groups in total. The summed E-state index contributed by atoms with van der Waals surface area (Å²) in [7, 11) is 1.63. The summed E-state index contributed by atoms with van der Waals surface area (Å²) in [4.78, 5) is 14.3. The third kappa shape index (κ3) is 3.57. The van der Waals surface area contributed by atoms with Gasteiger partial charge in [0.1, 0.15) is 5.82 Å². The van der Waals surface area contributed by atoms with E-state index in [-0.39, 0.29) is 23.1 Å². The van der Waals surface area contributed by atoms with E-state index in [1.165, 1.54) is 12.1 Å². The second kappa shape index (κ2) is 5.92. The number of halogens is 1. The molecule has 0 unspecified atom stereocenters. The highest BCUT2D eigenvalue weighted by molar-refractivity contribution is 5.82. The summed E-state index contributed by atoms with van der Waals surface area (Å²) >= 11 is 0. The quantitative estimate of drug-likeness (QED) is 0.801. The van der Waals surface area contributed by atoms with Crippen molar-refractivity contribution >= 4 is 5.91 Å².